The second-order valence-electron chi connectivity index (χ2n) is 9.22. The highest BCUT2D eigenvalue weighted by atomic mass is 35.5. The molecular weight excluding hydrogens is 544 g/mol. The molecule has 0 radical (unpaired) electrons. The Kier molecular flexibility index (Phi) is 7.11. The number of ether oxygens (including phenoxy) is 3. The van der Waals surface area contributed by atoms with Gasteiger partial charge in [0.15, 0.2) is 5.60 Å². The second kappa shape index (κ2) is 10.4. The Morgan fingerprint density at radius 1 is 0.974 bits per heavy atom. The normalized spacial score (nSPS) is 17.5. The van der Waals surface area contributed by atoms with Gasteiger partial charge in [0.1, 0.15) is 36.1 Å². The maximum Gasteiger partial charge on any atom is 0.264 e. The third-order valence-corrected chi connectivity index (χ3v) is 6.93. The first-order valence-corrected chi connectivity index (χ1v) is 14.1. The number of Topliss-reactive ketones (excluding diaryl/α,β-unsaturated/α-hetero) is 1. The zero-order valence-electron chi connectivity index (χ0n) is 21.4. The number of pyridine rings is 1. The van der Waals surface area contributed by atoms with Gasteiger partial charge in [-0.2, -0.15) is 8.42 Å². The van der Waals surface area contributed by atoms with Crippen LogP contribution in [0.5, 0.6) is 11.5 Å². The summed E-state index contributed by atoms with van der Waals surface area (Å²) in [7, 11) is -2.23. The predicted octanol–water partition coefficient (Wildman–Crippen LogP) is 4.78. The van der Waals surface area contributed by atoms with Gasteiger partial charge in [0, 0.05) is 18.0 Å². The number of benzene rings is 2. The number of carbonyl (C=O) groups excluding carboxylic acids is 1. The summed E-state index contributed by atoms with van der Waals surface area (Å²) >= 11 is 6.04. The summed E-state index contributed by atoms with van der Waals surface area (Å²) < 4.78 is 47.3. The van der Waals surface area contributed by atoms with E-state index in [1.54, 1.807) is 67.9 Å². The lowest BCUT2D eigenvalue weighted by molar-refractivity contribution is -0.128. The minimum atomic E-state index is -3.79. The molecule has 0 fully saturated rings. The standard InChI is InChI=1S/C28H25ClN2O7S/c1-28(17-37-39(3,33)34)27(32)25(26(38-28)19-6-9-22(35-2)10-7-19)18-4-11-23(12-5-18)36-16-21-15-31-14-20(29)8-13-24(31)30-21/h4-15H,16-17H2,1-3H3. The molecule has 1 atom stereocenters. The fraction of sp³-hybridized carbons (Fsp3) is 0.214. The minimum absolute atomic E-state index is 0.237. The number of fused-ring (bicyclic) bond motifs is 1. The first kappa shape index (κ1) is 26.7. The SMILES string of the molecule is COc1ccc(C2=C(c3ccc(OCc4cn5cc(Cl)ccc5n4)cc3)C(=O)C(C)(COS(C)(=O)=O)O2)cc1. The van der Waals surface area contributed by atoms with Crippen molar-refractivity contribution in [3.63, 3.8) is 0 Å². The van der Waals surface area contributed by atoms with Crippen molar-refractivity contribution in [3.05, 3.63) is 94.9 Å². The summed E-state index contributed by atoms with van der Waals surface area (Å²) in [5, 5.41) is 0.607. The van der Waals surface area contributed by atoms with Crippen molar-refractivity contribution in [1.29, 1.82) is 0 Å². The van der Waals surface area contributed by atoms with Crippen LogP contribution in [0.25, 0.3) is 17.0 Å². The van der Waals surface area contributed by atoms with E-state index < -0.39 is 28.1 Å². The van der Waals surface area contributed by atoms with E-state index in [0.29, 0.717) is 39.0 Å². The zero-order valence-corrected chi connectivity index (χ0v) is 23.0. The number of ketones is 1. The molecule has 202 valence electrons. The summed E-state index contributed by atoms with van der Waals surface area (Å²) in [6.07, 6.45) is 4.54. The number of halogens is 1. The van der Waals surface area contributed by atoms with Gasteiger partial charge in [0.05, 0.1) is 29.7 Å². The molecule has 4 aromatic rings. The molecule has 0 saturated carbocycles. The molecule has 0 saturated heterocycles. The molecule has 1 aliphatic heterocycles. The monoisotopic (exact) mass is 568 g/mol. The van der Waals surface area contributed by atoms with Gasteiger partial charge in [-0.05, 0) is 61.0 Å². The van der Waals surface area contributed by atoms with Crippen LogP contribution in [0.15, 0.2) is 73.1 Å². The quantitative estimate of drug-likeness (QED) is 0.266. The maximum absolute atomic E-state index is 13.6. The Labute approximate surface area is 230 Å². The van der Waals surface area contributed by atoms with E-state index >= 15 is 0 Å². The summed E-state index contributed by atoms with van der Waals surface area (Å²) in [5.41, 5.74) is 1.48. The fourth-order valence-corrected chi connectivity index (χ4v) is 4.78. The summed E-state index contributed by atoms with van der Waals surface area (Å²) in [6, 6.07) is 17.6. The van der Waals surface area contributed by atoms with Crippen molar-refractivity contribution in [2.24, 2.45) is 0 Å². The Morgan fingerprint density at radius 3 is 2.31 bits per heavy atom. The van der Waals surface area contributed by atoms with E-state index in [-0.39, 0.29) is 6.61 Å². The van der Waals surface area contributed by atoms with Gasteiger partial charge in [-0.25, -0.2) is 4.98 Å². The molecule has 9 nitrogen and oxygen atoms in total. The number of aromatic nitrogens is 2. The third kappa shape index (κ3) is 5.78. The van der Waals surface area contributed by atoms with E-state index in [2.05, 4.69) is 4.98 Å². The van der Waals surface area contributed by atoms with E-state index in [4.69, 9.17) is 30.0 Å². The summed E-state index contributed by atoms with van der Waals surface area (Å²) in [4.78, 5) is 18.1. The van der Waals surface area contributed by atoms with Crippen LogP contribution >= 0.6 is 11.6 Å². The molecule has 5 rings (SSSR count). The van der Waals surface area contributed by atoms with Crippen LogP contribution in [-0.2, 0) is 30.4 Å². The van der Waals surface area contributed by atoms with E-state index in [9.17, 15) is 13.2 Å². The number of rotatable bonds is 9. The van der Waals surface area contributed by atoms with Crippen LogP contribution in [0.1, 0.15) is 23.7 Å². The van der Waals surface area contributed by atoms with Gasteiger partial charge in [0.2, 0.25) is 5.78 Å². The van der Waals surface area contributed by atoms with Crippen LogP contribution in [0, 0.1) is 0 Å². The highest BCUT2D eigenvalue weighted by Crippen LogP contribution is 2.42. The lowest BCUT2D eigenvalue weighted by atomic mass is 9.92. The lowest BCUT2D eigenvalue weighted by Gasteiger charge is -2.23. The van der Waals surface area contributed by atoms with Gasteiger partial charge >= 0.3 is 0 Å². The van der Waals surface area contributed by atoms with Crippen LogP contribution < -0.4 is 9.47 Å². The molecule has 0 spiro atoms. The van der Waals surface area contributed by atoms with Crippen molar-refractivity contribution in [2.75, 3.05) is 20.0 Å². The highest BCUT2D eigenvalue weighted by Gasteiger charge is 2.47. The minimum Gasteiger partial charge on any atom is -0.497 e. The fourth-order valence-electron chi connectivity index (χ4n) is 4.17. The number of hydrogen-bond donors (Lipinski definition) is 0. The molecular formula is C28H25ClN2O7S. The number of methoxy groups -OCH3 is 1. The molecule has 39 heavy (non-hydrogen) atoms. The van der Waals surface area contributed by atoms with Gasteiger partial charge < -0.3 is 18.6 Å². The van der Waals surface area contributed by atoms with Gasteiger partial charge in [-0.15, -0.1) is 0 Å². The Hall–Kier alpha value is -3.86. The predicted molar refractivity (Wildman–Crippen MR) is 146 cm³/mol. The lowest BCUT2D eigenvalue weighted by Crippen LogP contribution is -2.39. The van der Waals surface area contributed by atoms with Crippen LogP contribution in [0.3, 0.4) is 0 Å². The molecule has 0 aliphatic carbocycles. The largest absolute Gasteiger partial charge is 0.497 e. The summed E-state index contributed by atoms with van der Waals surface area (Å²) in [5.74, 6) is 1.15. The molecule has 1 aliphatic rings. The van der Waals surface area contributed by atoms with Crippen LogP contribution in [0.4, 0.5) is 0 Å². The Morgan fingerprint density at radius 2 is 1.64 bits per heavy atom. The Balaban J connectivity index is 1.41. The van der Waals surface area contributed by atoms with E-state index in [1.807, 2.05) is 16.7 Å². The third-order valence-electron chi connectivity index (χ3n) is 6.16. The summed E-state index contributed by atoms with van der Waals surface area (Å²) in [6.45, 7) is 1.29. The number of carbonyl (C=O) groups is 1. The Bertz CT molecular complexity index is 1680. The zero-order chi connectivity index (χ0) is 27.8. The topological polar surface area (TPSA) is 105 Å². The number of nitrogens with zero attached hydrogens (tertiary/aromatic N) is 2. The smallest absolute Gasteiger partial charge is 0.264 e. The number of imidazole rings is 1. The average Bonchev–Trinajstić information content (AvgIpc) is 3.44. The molecule has 1 unspecified atom stereocenters. The molecule has 0 amide bonds. The van der Waals surface area contributed by atoms with Crippen molar-refractivity contribution in [1.82, 2.24) is 9.38 Å². The molecule has 11 heteroatoms. The molecule has 2 aromatic carbocycles. The molecule has 2 aromatic heterocycles. The second-order valence-corrected chi connectivity index (χ2v) is 11.3. The van der Waals surface area contributed by atoms with Crippen LogP contribution in [0.2, 0.25) is 5.02 Å². The van der Waals surface area contributed by atoms with Gasteiger partial charge in [0.25, 0.3) is 10.1 Å². The van der Waals surface area contributed by atoms with Crippen molar-refractivity contribution >= 4 is 44.5 Å². The van der Waals surface area contributed by atoms with Crippen LogP contribution in [-0.4, -0.2) is 49.2 Å². The molecule has 0 N–H and O–H groups in total. The van der Waals surface area contributed by atoms with Crippen molar-refractivity contribution < 1.29 is 31.6 Å². The van der Waals surface area contributed by atoms with E-state index in [1.165, 1.54) is 6.92 Å². The first-order chi connectivity index (χ1) is 18.5. The molecule has 3 heterocycles. The van der Waals surface area contributed by atoms with Crippen molar-refractivity contribution in [2.45, 2.75) is 19.1 Å². The first-order valence-electron chi connectivity index (χ1n) is 11.9. The van der Waals surface area contributed by atoms with Gasteiger partial charge in [-0.3, -0.25) is 8.98 Å². The van der Waals surface area contributed by atoms with Crippen molar-refractivity contribution in [3.8, 4) is 11.5 Å². The van der Waals surface area contributed by atoms with E-state index in [0.717, 1.165) is 17.6 Å². The number of hydrogen-bond acceptors (Lipinski definition) is 8. The average molecular weight is 569 g/mol. The molecule has 0 bridgehead atoms. The maximum atomic E-state index is 13.6. The van der Waals surface area contributed by atoms with Gasteiger partial charge in [-0.1, -0.05) is 23.7 Å². The highest BCUT2D eigenvalue weighted by molar-refractivity contribution is 7.86.